The topological polar surface area (TPSA) is 72.9 Å². The predicted octanol–water partition coefficient (Wildman–Crippen LogP) is 2.61. The van der Waals surface area contributed by atoms with Gasteiger partial charge in [-0.1, -0.05) is 11.6 Å². The van der Waals surface area contributed by atoms with Crippen molar-refractivity contribution in [2.75, 3.05) is 21.2 Å². The maximum Gasteiger partial charge on any atom is 0.338 e. The quantitative estimate of drug-likeness (QED) is 0.738. The zero-order chi connectivity index (χ0) is 18.6. The minimum absolute atomic E-state index is 0.0709. The van der Waals surface area contributed by atoms with Crippen LogP contribution in [0, 0.1) is 6.92 Å². The molecular formula is C18H21NO5S. The molecule has 134 valence electrons. The van der Waals surface area contributed by atoms with Crippen LogP contribution in [0.5, 0.6) is 5.75 Å². The second-order valence-corrected chi connectivity index (χ2v) is 7.86. The number of esters is 1. The van der Waals surface area contributed by atoms with Crippen LogP contribution in [0.4, 0.5) is 0 Å². The molecule has 2 rings (SSSR count). The number of benzene rings is 2. The smallest absolute Gasteiger partial charge is 0.338 e. The molecule has 0 bridgehead atoms. The predicted molar refractivity (Wildman–Crippen MR) is 94.2 cm³/mol. The highest BCUT2D eigenvalue weighted by atomic mass is 32.2. The number of nitrogens with zero attached hydrogens (tertiary/aromatic N) is 1. The summed E-state index contributed by atoms with van der Waals surface area (Å²) in [4.78, 5) is 12.3. The molecule has 0 saturated heterocycles. The Morgan fingerprint density at radius 1 is 1.08 bits per heavy atom. The van der Waals surface area contributed by atoms with E-state index in [4.69, 9.17) is 9.47 Å². The zero-order valence-electron chi connectivity index (χ0n) is 14.6. The first-order valence-electron chi connectivity index (χ1n) is 7.59. The Balaban J connectivity index is 2.11. The molecule has 0 saturated carbocycles. The maximum absolute atomic E-state index is 12.2. The van der Waals surface area contributed by atoms with Crippen LogP contribution in [-0.2, 0) is 21.4 Å². The first-order chi connectivity index (χ1) is 11.8. The molecule has 7 heteroatoms. The normalized spacial score (nSPS) is 11.4. The Morgan fingerprint density at radius 2 is 1.72 bits per heavy atom. The van der Waals surface area contributed by atoms with Gasteiger partial charge in [0.15, 0.2) is 0 Å². The van der Waals surface area contributed by atoms with Crippen LogP contribution >= 0.6 is 0 Å². The standard InChI is InChI=1S/C18H21NO5S/c1-13-5-10-17(23-4)15(11-13)12-24-18(20)14-6-8-16(9-7-14)25(21,22)19(2)3/h5-11H,12H2,1-4H3. The van der Waals surface area contributed by atoms with Crippen LogP contribution in [0.1, 0.15) is 21.5 Å². The summed E-state index contributed by atoms with van der Waals surface area (Å²) < 4.78 is 35.7. The van der Waals surface area contributed by atoms with E-state index in [0.717, 1.165) is 15.4 Å². The van der Waals surface area contributed by atoms with Gasteiger partial charge in [-0.25, -0.2) is 17.5 Å². The first-order valence-corrected chi connectivity index (χ1v) is 9.03. The molecule has 0 fully saturated rings. The minimum atomic E-state index is -3.52. The van der Waals surface area contributed by atoms with Crippen molar-refractivity contribution in [1.82, 2.24) is 4.31 Å². The second-order valence-electron chi connectivity index (χ2n) is 5.70. The molecule has 0 aromatic heterocycles. The number of rotatable bonds is 6. The van der Waals surface area contributed by atoms with Gasteiger partial charge in [-0.05, 0) is 43.3 Å². The molecule has 0 amide bonds. The van der Waals surface area contributed by atoms with Crippen molar-refractivity contribution in [3.05, 3.63) is 59.2 Å². The van der Waals surface area contributed by atoms with Crippen LogP contribution in [0.25, 0.3) is 0 Å². The lowest BCUT2D eigenvalue weighted by atomic mass is 10.1. The summed E-state index contributed by atoms with van der Waals surface area (Å²) in [6, 6.07) is 11.3. The van der Waals surface area contributed by atoms with Crippen molar-refractivity contribution in [3.63, 3.8) is 0 Å². The van der Waals surface area contributed by atoms with Gasteiger partial charge in [0.2, 0.25) is 10.0 Å². The van der Waals surface area contributed by atoms with Crippen molar-refractivity contribution < 1.29 is 22.7 Å². The minimum Gasteiger partial charge on any atom is -0.496 e. The molecule has 25 heavy (non-hydrogen) atoms. The number of carbonyl (C=O) groups excluding carboxylic acids is 1. The number of hydrogen-bond acceptors (Lipinski definition) is 5. The zero-order valence-corrected chi connectivity index (χ0v) is 15.5. The molecule has 0 aliphatic carbocycles. The van der Waals surface area contributed by atoms with E-state index >= 15 is 0 Å². The molecule has 0 aliphatic heterocycles. The molecule has 0 aliphatic rings. The highest BCUT2D eigenvalue weighted by Crippen LogP contribution is 2.21. The van der Waals surface area contributed by atoms with Crippen molar-refractivity contribution in [2.45, 2.75) is 18.4 Å². The fourth-order valence-corrected chi connectivity index (χ4v) is 3.12. The maximum atomic E-state index is 12.2. The van der Waals surface area contributed by atoms with Gasteiger partial charge in [-0.2, -0.15) is 0 Å². The summed E-state index contributed by atoms with van der Waals surface area (Å²) >= 11 is 0. The third kappa shape index (κ3) is 4.37. The average molecular weight is 363 g/mol. The molecule has 0 atom stereocenters. The van der Waals surface area contributed by atoms with E-state index in [1.165, 1.54) is 38.4 Å². The van der Waals surface area contributed by atoms with E-state index in [1.807, 2.05) is 25.1 Å². The Kier molecular flexibility index (Phi) is 5.81. The molecule has 0 N–H and O–H groups in total. The van der Waals surface area contributed by atoms with Crippen LogP contribution < -0.4 is 4.74 Å². The second kappa shape index (κ2) is 7.67. The molecule has 0 spiro atoms. The number of hydrogen-bond donors (Lipinski definition) is 0. The Hall–Kier alpha value is -2.38. The Labute approximate surface area is 148 Å². The number of sulfonamides is 1. The third-order valence-electron chi connectivity index (χ3n) is 3.66. The number of aryl methyl sites for hydroxylation is 1. The Morgan fingerprint density at radius 3 is 2.28 bits per heavy atom. The van der Waals surface area contributed by atoms with Crippen LogP contribution in [0.2, 0.25) is 0 Å². The number of methoxy groups -OCH3 is 1. The summed E-state index contributed by atoms with van der Waals surface area (Å²) in [5, 5.41) is 0. The summed E-state index contributed by atoms with van der Waals surface area (Å²) in [6.45, 7) is 2.01. The first kappa shape index (κ1) is 19.0. The molecular weight excluding hydrogens is 342 g/mol. The van der Waals surface area contributed by atoms with E-state index in [2.05, 4.69) is 0 Å². The Bertz CT molecular complexity index is 858. The van der Waals surface area contributed by atoms with Crippen molar-refractivity contribution >= 4 is 16.0 Å². The molecule has 6 nitrogen and oxygen atoms in total. The van der Waals surface area contributed by atoms with Crippen LogP contribution in [0.3, 0.4) is 0 Å². The molecule has 2 aromatic rings. The lowest BCUT2D eigenvalue weighted by molar-refractivity contribution is 0.0470. The van der Waals surface area contributed by atoms with Gasteiger partial charge in [0.25, 0.3) is 0 Å². The van der Waals surface area contributed by atoms with Crippen molar-refractivity contribution in [3.8, 4) is 5.75 Å². The van der Waals surface area contributed by atoms with Crippen LogP contribution in [0.15, 0.2) is 47.4 Å². The third-order valence-corrected chi connectivity index (χ3v) is 5.49. The summed E-state index contributed by atoms with van der Waals surface area (Å²) in [5.74, 6) is 0.114. The fraction of sp³-hybridized carbons (Fsp3) is 0.278. The highest BCUT2D eigenvalue weighted by molar-refractivity contribution is 7.89. The fourth-order valence-electron chi connectivity index (χ4n) is 2.22. The van der Waals surface area contributed by atoms with E-state index in [-0.39, 0.29) is 17.1 Å². The highest BCUT2D eigenvalue weighted by Gasteiger charge is 2.18. The van der Waals surface area contributed by atoms with Gasteiger partial charge in [-0.15, -0.1) is 0 Å². The summed E-state index contributed by atoms with van der Waals surface area (Å²) in [7, 11) is 0.934. The van der Waals surface area contributed by atoms with E-state index in [1.54, 1.807) is 7.11 Å². The molecule has 2 aromatic carbocycles. The lowest BCUT2D eigenvalue weighted by Gasteiger charge is -2.12. The van der Waals surface area contributed by atoms with Gasteiger partial charge in [0.05, 0.1) is 17.6 Å². The molecule has 0 radical (unpaired) electrons. The molecule has 0 heterocycles. The van der Waals surface area contributed by atoms with E-state index in [9.17, 15) is 13.2 Å². The average Bonchev–Trinajstić information content (AvgIpc) is 2.59. The van der Waals surface area contributed by atoms with Gasteiger partial charge in [-0.3, -0.25) is 0 Å². The van der Waals surface area contributed by atoms with Crippen molar-refractivity contribution in [2.24, 2.45) is 0 Å². The summed E-state index contributed by atoms with van der Waals surface area (Å²) in [5.41, 5.74) is 2.08. The largest absolute Gasteiger partial charge is 0.496 e. The van der Waals surface area contributed by atoms with Crippen molar-refractivity contribution in [1.29, 1.82) is 0 Å². The van der Waals surface area contributed by atoms with E-state index in [0.29, 0.717) is 5.75 Å². The van der Waals surface area contributed by atoms with Crippen LogP contribution in [-0.4, -0.2) is 39.9 Å². The number of ether oxygens (including phenoxy) is 2. The summed E-state index contributed by atoms with van der Waals surface area (Å²) in [6.07, 6.45) is 0. The van der Waals surface area contributed by atoms with Gasteiger partial charge >= 0.3 is 5.97 Å². The van der Waals surface area contributed by atoms with Gasteiger partial charge in [0, 0.05) is 19.7 Å². The van der Waals surface area contributed by atoms with E-state index < -0.39 is 16.0 Å². The lowest BCUT2D eigenvalue weighted by Crippen LogP contribution is -2.22. The van der Waals surface area contributed by atoms with Gasteiger partial charge in [0.1, 0.15) is 12.4 Å². The molecule has 0 unspecified atom stereocenters. The SMILES string of the molecule is COc1ccc(C)cc1COC(=O)c1ccc(S(=O)(=O)N(C)C)cc1. The monoisotopic (exact) mass is 363 g/mol. The van der Waals surface area contributed by atoms with Gasteiger partial charge < -0.3 is 9.47 Å². The number of carbonyl (C=O) groups is 1.